The topological polar surface area (TPSA) is 72.8 Å². The molecule has 0 radical (unpaired) electrons. The molecule has 150 valence electrons. The van der Waals surface area contributed by atoms with Gasteiger partial charge in [-0.15, -0.1) is 0 Å². The molecule has 0 aromatic heterocycles. The maximum absolute atomic E-state index is 11.8. The SMILES string of the molecule is CCOC(=O)C(=O)C=C(O)c1cccc(O[Si](C(C)C)(C(C)C)C(C)C)c1. The normalized spacial score (nSPS) is 12.6. The van der Waals surface area contributed by atoms with Crippen LogP contribution in [0, 0.1) is 0 Å². The van der Waals surface area contributed by atoms with E-state index in [-0.39, 0.29) is 12.4 Å². The summed E-state index contributed by atoms with van der Waals surface area (Å²) < 4.78 is 11.2. The molecule has 1 rings (SSSR count). The van der Waals surface area contributed by atoms with Gasteiger partial charge in [0.2, 0.25) is 0 Å². The highest BCUT2D eigenvalue weighted by Gasteiger charge is 2.47. The number of benzene rings is 1. The summed E-state index contributed by atoms with van der Waals surface area (Å²) in [6, 6.07) is 7.00. The van der Waals surface area contributed by atoms with Crippen molar-refractivity contribution in [3.63, 3.8) is 0 Å². The summed E-state index contributed by atoms with van der Waals surface area (Å²) in [5, 5.41) is 10.2. The molecule has 1 aromatic carbocycles. The van der Waals surface area contributed by atoms with Crippen molar-refractivity contribution < 1.29 is 23.9 Å². The number of aliphatic hydroxyl groups is 1. The average molecular weight is 393 g/mol. The Hall–Kier alpha value is -2.08. The fourth-order valence-corrected chi connectivity index (χ4v) is 8.99. The number of rotatable bonds is 9. The molecule has 1 aromatic rings. The lowest BCUT2D eigenvalue weighted by Crippen LogP contribution is -2.50. The van der Waals surface area contributed by atoms with Crippen molar-refractivity contribution in [2.45, 2.75) is 65.1 Å². The Morgan fingerprint density at radius 2 is 1.63 bits per heavy atom. The summed E-state index contributed by atoms with van der Waals surface area (Å²) in [6.07, 6.45) is 0.884. The molecule has 0 atom stereocenters. The molecular weight excluding hydrogens is 360 g/mol. The highest BCUT2D eigenvalue weighted by atomic mass is 28.4. The molecule has 6 heteroatoms. The van der Waals surface area contributed by atoms with E-state index < -0.39 is 20.1 Å². The predicted octanol–water partition coefficient (Wildman–Crippen LogP) is 5.27. The summed E-state index contributed by atoms with van der Waals surface area (Å²) >= 11 is 0. The molecule has 0 bridgehead atoms. The van der Waals surface area contributed by atoms with Gasteiger partial charge in [0.05, 0.1) is 6.61 Å². The van der Waals surface area contributed by atoms with Gasteiger partial charge < -0.3 is 14.3 Å². The van der Waals surface area contributed by atoms with Gasteiger partial charge in [0.15, 0.2) is 0 Å². The quantitative estimate of drug-likeness (QED) is 0.204. The van der Waals surface area contributed by atoms with Crippen molar-refractivity contribution in [3.05, 3.63) is 35.9 Å². The number of hydrogen-bond acceptors (Lipinski definition) is 5. The second-order valence-electron chi connectivity index (χ2n) is 7.56. The lowest BCUT2D eigenvalue weighted by atomic mass is 10.1. The Bertz CT molecular complexity index is 670. The van der Waals surface area contributed by atoms with Gasteiger partial charge in [0.25, 0.3) is 14.1 Å². The number of ether oxygens (including phenoxy) is 1. The van der Waals surface area contributed by atoms with Crippen LogP contribution in [0.2, 0.25) is 16.6 Å². The summed E-state index contributed by atoms with van der Waals surface area (Å²) in [4.78, 5) is 23.2. The van der Waals surface area contributed by atoms with Crippen molar-refractivity contribution in [1.82, 2.24) is 0 Å². The standard InChI is InChI=1S/C21H32O5Si/c1-8-25-21(24)20(23)13-19(22)17-10-9-11-18(12-17)26-27(14(2)3,15(4)5)16(6)7/h9-16,22H,8H2,1-7H3. The molecule has 5 nitrogen and oxygen atoms in total. The Labute approximate surface area is 163 Å². The van der Waals surface area contributed by atoms with Gasteiger partial charge >= 0.3 is 5.97 Å². The third kappa shape index (κ3) is 5.45. The number of carbonyl (C=O) groups is 2. The van der Waals surface area contributed by atoms with E-state index in [0.717, 1.165) is 6.08 Å². The molecule has 1 N–H and O–H groups in total. The third-order valence-corrected chi connectivity index (χ3v) is 10.9. The number of esters is 1. The monoisotopic (exact) mass is 392 g/mol. The zero-order valence-electron chi connectivity index (χ0n) is 17.4. The van der Waals surface area contributed by atoms with Crippen LogP contribution < -0.4 is 4.43 Å². The maximum Gasteiger partial charge on any atom is 0.379 e. The van der Waals surface area contributed by atoms with Crippen LogP contribution in [0.3, 0.4) is 0 Å². The first-order valence-corrected chi connectivity index (χ1v) is 11.6. The van der Waals surface area contributed by atoms with Gasteiger partial charge in [-0.1, -0.05) is 53.7 Å². The van der Waals surface area contributed by atoms with E-state index in [1.165, 1.54) is 0 Å². The van der Waals surface area contributed by atoms with E-state index in [2.05, 4.69) is 46.3 Å². The van der Waals surface area contributed by atoms with Gasteiger partial charge in [-0.2, -0.15) is 0 Å². The smallest absolute Gasteiger partial charge is 0.379 e. The molecule has 0 saturated heterocycles. The number of hydrogen-bond donors (Lipinski definition) is 1. The number of aliphatic hydroxyl groups excluding tert-OH is 1. The largest absolute Gasteiger partial charge is 0.543 e. The fraction of sp³-hybridized carbons (Fsp3) is 0.524. The maximum atomic E-state index is 11.8. The van der Waals surface area contributed by atoms with Crippen molar-refractivity contribution in [2.75, 3.05) is 6.61 Å². The summed E-state index contributed by atoms with van der Waals surface area (Å²) in [6.45, 7) is 14.9. The predicted molar refractivity (Wildman–Crippen MR) is 110 cm³/mol. The minimum Gasteiger partial charge on any atom is -0.543 e. The molecule has 0 unspecified atom stereocenters. The van der Waals surface area contributed by atoms with Crippen LogP contribution in [0.5, 0.6) is 5.75 Å². The molecule has 0 aliphatic carbocycles. The first-order chi connectivity index (χ1) is 12.6. The molecule has 27 heavy (non-hydrogen) atoms. The van der Waals surface area contributed by atoms with Crippen LogP contribution in [-0.4, -0.2) is 31.8 Å². The van der Waals surface area contributed by atoms with Crippen molar-refractivity contribution in [2.24, 2.45) is 0 Å². The second kappa shape index (κ2) is 9.74. The Morgan fingerprint density at radius 1 is 1.07 bits per heavy atom. The molecular formula is C21H32O5Si. The van der Waals surface area contributed by atoms with Gasteiger partial charge in [-0.05, 0) is 35.7 Å². The van der Waals surface area contributed by atoms with Crippen LogP contribution in [-0.2, 0) is 14.3 Å². The van der Waals surface area contributed by atoms with Crippen LogP contribution in [0.4, 0.5) is 0 Å². The van der Waals surface area contributed by atoms with E-state index in [1.54, 1.807) is 25.1 Å². The van der Waals surface area contributed by atoms with Gasteiger partial charge in [0.1, 0.15) is 11.5 Å². The minimum atomic E-state index is -2.13. The van der Waals surface area contributed by atoms with E-state index in [4.69, 9.17) is 4.43 Å². The van der Waals surface area contributed by atoms with Crippen molar-refractivity contribution >= 4 is 25.8 Å². The molecule has 0 aliphatic rings. The Balaban J connectivity index is 3.18. The molecule has 0 heterocycles. The van der Waals surface area contributed by atoms with Gasteiger partial charge in [-0.3, -0.25) is 4.79 Å². The van der Waals surface area contributed by atoms with Crippen molar-refractivity contribution in [3.8, 4) is 5.75 Å². The van der Waals surface area contributed by atoms with Gasteiger partial charge in [-0.25, -0.2) is 4.79 Å². The van der Waals surface area contributed by atoms with E-state index in [1.807, 2.05) is 6.07 Å². The minimum absolute atomic E-state index is 0.106. The summed E-state index contributed by atoms with van der Waals surface area (Å²) in [5.41, 5.74) is 1.66. The molecule has 0 saturated carbocycles. The average Bonchev–Trinajstić information content (AvgIpc) is 2.59. The van der Waals surface area contributed by atoms with Crippen molar-refractivity contribution in [1.29, 1.82) is 0 Å². The Kier molecular flexibility index (Phi) is 8.28. The van der Waals surface area contributed by atoms with E-state index >= 15 is 0 Å². The lowest BCUT2D eigenvalue weighted by molar-refractivity contribution is -0.151. The van der Waals surface area contributed by atoms with Crippen LogP contribution in [0.15, 0.2) is 30.3 Å². The second-order valence-corrected chi connectivity index (χ2v) is 12.9. The fourth-order valence-electron chi connectivity index (χ4n) is 3.75. The molecule has 0 spiro atoms. The van der Waals surface area contributed by atoms with Crippen LogP contribution in [0.25, 0.3) is 5.76 Å². The van der Waals surface area contributed by atoms with E-state index in [0.29, 0.717) is 27.9 Å². The third-order valence-electron chi connectivity index (χ3n) is 4.88. The highest BCUT2D eigenvalue weighted by Crippen LogP contribution is 2.42. The first-order valence-electron chi connectivity index (χ1n) is 9.47. The van der Waals surface area contributed by atoms with E-state index in [9.17, 15) is 14.7 Å². The first kappa shape index (κ1) is 23.0. The number of ketones is 1. The molecule has 0 aliphatic heterocycles. The lowest BCUT2D eigenvalue weighted by Gasteiger charge is -2.42. The zero-order valence-corrected chi connectivity index (χ0v) is 18.4. The van der Waals surface area contributed by atoms with Gasteiger partial charge in [0, 0.05) is 11.6 Å². The zero-order chi connectivity index (χ0) is 20.8. The Morgan fingerprint density at radius 3 is 2.11 bits per heavy atom. The van der Waals surface area contributed by atoms with Crippen LogP contribution in [0.1, 0.15) is 54.0 Å². The summed E-state index contributed by atoms with van der Waals surface area (Å²) in [7, 11) is -2.13. The molecule has 0 fully saturated rings. The highest BCUT2D eigenvalue weighted by molar-refractivity contribution is 6.78. The summed E-state index contributed by atoms with van der Waals surface area (Å²) in [5.74, 6) is -1.50. The molecule has 0 amide bonds. The number of carbonyl (C=O) groups excluding carboxylic acids is 2. The van der Waals surface area contributed by atoms with Crippen LogP contribution >= 0.6 is 0 Å².